The Morgan fingerprint density at radius 2 is 2.00 bits per heavy atom. The molecular weight excluding hydrogens is 214 g/mol. The molecule has 1 amide bonds. The number of piperidine rings is 1. The van der Waals surface area contributed by atoms with E-state index in [0.29, 0.717) is 11.9 Å². The van der Waals surface area contributed by atoms with Gasteiger partial charge in [-0.1, -0.05) is 6.42 Å². The molecule has 0 radical (unpaired) electrons. The van der Waals surface area contributed by atoms with Crippen molar-refractivity contribution in [3.8, 4) is 0 Å². The molecule has 98 valence electrons. The lowest BCUT2D eigenvalue weighted by Crippen LogP contribution is -2.46. The first kappa shape index (κ1) is 12.8. The summed E-state index contributed by atoms with van der Waals surface area (Å²) in [6, 6.07) is 0.635. The van der Waals surface area contributed by atoms with E-state index < -0.39 is 0 Å². The van der Waals surface area contributed by atoms with Crippen molar-refractivity contribution in [3.63, 3.8) is 0 Å². The van der Waals surface area contributed by atoms with Crippen molar-refractivity contribution in [2.24, 2.45) is 0 Å². The van der Waals surface area contributed by atoms with E-state index in [0.717, 1.165) is 39.0 Å². The maximum Gasteiger partial charge on any atom is 0.222 e. The van der Waals surface area contributed by atoms with Crippen molar-refractivity contribution >= 4 is 5.91 Å². The molecule has 0 saturated carbocycles. The molecule has 2 saturated heterocycles. The minimum Gasteiger partial charge on any atom is -0.340 e. The molecule has 2 fully saturated rings. The molecule has 0 aliphatic carbocycles. The number of hydrogen-bond donors (Lipinski definition) is 1. The zero-order chi connectivity index (χ0) is 12.1. The van der Waals surface area contributed by atoms with E-state index in [4.69, 9.17) is 0 Å². The molecule has 1 atom stereocenters. The molecule has 0 aromatic rings. The summed E-state index contributed by atoms with van der Waals surface area (Å²) in [5, 5.41) is 3.28. The first-order chi connectivity index (χ1) is 8.27. The molecule has 17 heavy (non-hydrogen) atoms. The predicted octanol–water partition coefficient (Wildman–Crippen LogP) is 0.683. The summed E-state index contributed by atoms with van der Waals surface area (Å²) in [6.07, 6.45) is 5.69. The van der Waals surface area contributed by atoms with Gasteiger partial charge in [-0.2, -0.15) is 0 Å². The van der Waals surface area contributed by atoms with Gasteiger partial charge in [0, 0.05) is 38.6 Å². The van der Waals surface area contributed by atoms with Gasteiger partial charge >= 0.3 is 0 Å². The van der Waals surface area contributed by atoms with E-state index in [-0.39, 0.29) is 0 Å². The molecule has 4 heteroatoms. The third kappa shape index (κ3) is 3.68. The van der Waals surface area contributed by atoms with Crippen LogP contribution in [0, 0.1) is 0 Å². The zero-order valence-electron chi connectivity index (χ0n) is 11.0. The van der Waals surface area contributed by atoms with Crippen molar-refractivity contribution in [3.05, 3.63) is 0 Å². The minimum atomic E-state index is 0.352. The van der Waals surface area contributed by atoms with Crippen molar-refractivity contribution in [1.29, 1.82) is 0 Å². The Hall–Kier alpha value is -0.610. The van der Waals surface area contributed by atoms with Crippen LogP contribution in [-0.4, -0.2) is 61.5 Å². The van der Waals surface area contributed by atoms with E-state index in [1.54, 1.807) is 0 Å². The Balaban J connectivity index is 1.71. The van der Waals surface area contributed by atoms with Crippen LogP contribution in [0.5, 0.6) is 0 Å². The van der Waals surface area contributed by atoms with Crippen molar-refractivity contribution in [1.82, 2.24) is 15.1 Å². The van der Waals surface area contributed by atoms with Crippen LogP contribution in [0.2, 0.25) is 0 Å². The molecule has 2 aliphatic rings. The predicted molar refractivity (Wildman–Crippen MR) is 69.0 cm³/mol. The van der Waals surface area contributed by atoms with Gasteiger partial charge in [0.25, 0.3) is 0 Å². The van der Waals surface area contributed by atoms with E-state index >= 15 is 0 Å². The Morgan fingerprint density at radius 1 is 1.24 bits per heavy atom. The van der Waals surface area contributed by atoms with E-state index in [1.807, 2.05) is 4.90 Å². The van der Waals surface area contributed by atoms with Crippen molar-refractivity contribution in [2.75, 3.05) is 39.8 Å². The van der Waals surface area contributed by atoms with Crippen LogP contribution < -0.4 is 5.32 Å². The maximum atomic E-state index is 12.0. The smallest absolute Gasteiger partial charge is 0.222 e. The average molecular weight is 239 g/mol. The van der Waals surface area contributed by atoms with Gasteiger partial charge in [-0.3, -0.25) is 4.79 Å². The largest absolute Gasteiger partial charge is 0.340 e. The second kappa shape index (κ2) is 6.36. The Labute approximate surface area is 104 Å². The molecule has 2 heterocycles. The molecule has 2 aliphatic heterocycles. The normalized spacial score (nSPS) is 27.1. The summed E-state index contributed by atoms with van der Waals surface area (Å²) in [5.74, 6) is 0.352. The second-order valence-electron chi connectivity index (χ2n) is 5.30. The molecule has 2 rings (SSSR count). The number of amides is 1. The molecule has 4 nitrogen and oxygen atoms in total. The fourth-order valence-electron chi connectivity index (χ4n) is 2.87. The highest BCUT2D eigenvalue weighted by atomic mass is 16.2. The SMILES string of the molecule is CN1CCCCC1CCC(=O)N1CCNCC1. The van der Waals surface area contributed by atoms with Crippen molar-refractivity contribution < 1.29 is 4.79 Å². The van der Waals surface area contributed by atoms with Crippen LogP contribution in [0.1, 0.15) is 32.1 Å². The third-order valence-corrected chi connectivity index (χ3v) is 4.08. The van der Waals surface area contributed by atoms with Gasteiger partial charge in [-0.15, -0.1) is 0 Å². The van der Waals surface area contributed by atoms with E-state index in [2.05, 4.69) is 17.3 Å². The minimum absolute atomic E-state index is 0.352. The van der Waals surface area contributed by atoms with E-state index in [9.17, 15) is 4.79 Å². The quantitative estimate of drug-likeness (QED) is 0.787. The molecule has 0 bridgehead atoms. The van der Waals surface area contributed by atoms with Gasteiger partial charge in [0.15, 0.2) is 0 Å². The average Bonchev–Trinajstić information content (AvgIpc) is 2.38. The highest BCUT2D eigenvalue weighted by Gasteiger charge is 2.21. The van der Waals surface area contributed by atoms with Crippen LogP contribution >= 0.6 is 0 Å². The van der Waals surface area contributed by atoms with Crippen molar-refractivity contribution in [2.45, 2.75) is 38.1 Å². The number of hydrogen-bond acceptors (Lipinski definition) is 3. The molecule has 0 aromatic heterocycles. The standard InChI is InChI=1S/C13H25N3O/c1-15-9-3-2-4-12(15)5-6-13(17)16-10-7-14-8-11-16/h12,14H,2-11H2,1H3. The number of carbonyl (C=O) groups excluding carboxylic acids is 1. The highest BCUT2D eigenvalue weighted by Crippen LogP contribution is 2.19. The zero-order valence-corrected chi connectivity index (χ0v) is 11.0. The Bertz CT molecular complexity index is 251. The number of nitrogens with zero attached hydrogens (tertiary/aromatic N) is 2. The lowest BCUT2D eigenvalue weighted by molar-refractivity contribution is -0.132. The summed E-state index contributed by atoms with van der Waals surface area (Å²) < 4.78 is 0. The fourth-order valence-corrected chi connectivity index (χ4v) is 2.87. The maximum absolute atomic E-state index is 12.0. The van der Waals surface area contributed by atoms with E-state index in [1.165, 1.54) is 25.8 Å². The van der Waals surface area contributed by atoms with Crippen LogP contribution in [-0.2, 0) is 4.79 Å². The first-order valence-electron chi connectivity index (χ1n) is 6.96. The van der Waals surface area contributed by atoms with Gasteiger partial charge in [-0.05, 0) is 32.9 Å². The summed E-state index contributed by atoms with van der Waals surface area (Å²) in [4.78, 5) is 16.5. The molecule has 0 spiro atoms. The third-order valence-electron chi connectivity index (χ3n) is 4.08. The van der Waals surface area contributed by atoms with Crippen LogP contribution in [0.4, 0.5) is 0 Å². The number of likely N-dealkylation sites (tertiary alicyclic amines) is 1. The highest BCUT2D eigenvalue weighted by molar-refractivity contribution is 5.76. The van der Waals surface area contributed by atoms with Gasteiger partial charge in [0.1, 0.15) is 0 Å². The molecular formula is C13H25N3O. The number of rotatable bonds is 3. The summed E-state index contributed by atoms with van der Waals surface area (Å²) in [7, 11) is 2.19. The number of nitrogens with one attached hydrogen (secondary N) is 1. The summed E-state index contributed by atoms with van der Waals surface area (Å²) >= 11 is 0. The van der Waals surface area contributed by atoms with Gasteiger partial charge in [0.2, 0.25) is 5.91 Å². The number of piperazine rings is 1. The van der Waals surface area contributed by atoms with Crippen LogP contribution in [0.15, 0.2) is 0 Å². The summed E-state index contributed by atoms with van der Waals surface area (Å²) in [5.41, 5.74) is 0. The van der Waals surface area contributed by atoms with Gasteiger partial charge < -0.3 is 15.1 Å². The second-order valence-corrected chi connectivity index (χ2v) is 5.30. The van der Waals surface area contributed by atoms with Gasteiger partial charge in [0.05, 0.1) is 0 Å². The molecule has 0 aromatic carbocycles. The number of carbonyl (C=O) groups is 1. The Morgan fingerprint density at radius 3 is 2.71 bits per heavy atom. The molecule has 1 unspecified atom stereocenters. The van der Waals surface area contributed by atoms with Crippen LogP contribution in [0.25, 0.3) is 0 Å². The fraction of sp³-hybridized carbons (Fsp3) is 0.923. The van der Waals surface area contributed by atoms with Crippen LogP contribution in [0.3, 0.4) is 0 Å². The topological polar surface area (TPSA) is 35.6 Å². The summed E-state index contributed by atoms with van der Waals surface area (Å²) in [6.45, 7) is 4.88. The monoisotopic (exact) mass is 239 g/mol. The lowest BCUT2D eigenvalue weighted by atomic mass is 9.98. The lowest BCUT2D eigenvalue weighted by Gasteiger charge is -2.33. The molecule has 1 N–H and O–H groups in total. The Kier molecular flexibility index (Phi) is 4.80. The van der Waals surface area contributed by atoms with Gasteiger partial charge in [-0.25, -0.2) is 0 Å². The first-order valence-corrected chi connectivity index (χ1v) is 6.96.